The molecule has 0 aliphatic heterocycles. The van der Waals surface area contributed by atoms with Crippen molar-refractivity contribution in [3.8, 4) is 0 Å². The Bertz CT molecular complexity index is 656. The van der Waals surface area contributed by atoms with Crippen molar-refractivity contribution in [2.45, 2.75) is 97.8 Å². The van der Waals surface area contributed by atoms with Crippen molar-refractivity contribution in [2.75, 3.05) is 0 Å². The molecule has 0 spiro atoms. The topological polar surface area (TPSA) is 18.5 Å². The van der Waals surface area contributed by atoms with Gasteiger partial charge in [0, 0.05) is 5.92 Å². The van der Waals surface area contributed by atoms with Gasteiger partial charge >= 0.3 is 0 Å². The molecule has 0 radical (unpaired) electrons. The number of fused-ring (bicyclic) bond motifs is 5. The molecule has 4 heteroatoms. The highest BCUT2D eigenvalue weighted by molar-refractivity contribution is 6.70. The van der Waals surface area contributed by atoms with Crippen LogP contribution in [-0.4, -0.2) is 22.2 Å². The van der Waals surface area contributed by atoms with E-state index in [-0.39, 0.29) is 5.60 Å². The van der Waals surface area contributed by atoms with Crippen molar-refractivity contribution in [1.82, 2.24) is 0 Å². The fourth-order valence-electron chi connectivity index (χ4n) is 7.71. The summed E-state index contributed by atoms with van der Waals surface area (Å²) in [5, 5.41) is 0. The van der Waals surface area contributed by atoms with E-state index in [1.165, 1.54) is 37.9 Å². The van der Waals surface area contributed by atoms with E-state index in [1.807, 2.05) is 0 Å². The van der Waals surface area contributed by atoms with E-state index in [1.54, 1.807) is 0 Å². The highest BCUT2D eigenvalue weighted by atomic mass is 28.4. The highest BCUT2D eigenvalue weighted by Gasteiger charge is 2.72. The zero-order valence-electron chi connectivity index (χ0n) is 19.9. The molecule has 3 fully saturated rings. The van der Waals surface area contributed by atoms with Gasteiger partial charge in [0.2, 0.25) is 8.32 Å². The van der Waals surface area contributed by atoms with Gasteiger partial charge in [-0.2, -0.15) is 0 Å². The molecule has 0 heterocycles. The average Bonchev–Trinajstić information content (AvgIpc) is 2.91. The molecule has 2 unspecified atom stereocenters. The molecule has 0 aromatic heterocycles. The minimum absolute atomic E-state index is 0.0711. The van der Waals surface area contributed by atoms with Crippen molar-refractivity contribution < 1.29 is 8.85 Å². The van der Waals surface area contributed by atoms with Gasteiger partial charge in [0.25, 0.3) is 0 Å². The van der Waals surface area contributed by atoms with E-state index in [0.29, 0.717) is 29.1 Å². The lowest BCUT2D eigenvalue weighted by molar-refractivity contribution is -0.126. The monoisotopic (exact) mass is 420 g/mol. The maximum Gasteiger partial charge on any atom is 0.241 e. The van der Waals surface area contributed by atoms with Gasteiger partial charge in [0.05, 0.1) is 11.4 Å². The van der Waals surface area contributed by atoms with Crippen LogP contribution >= 0.6 is 0 Å². The van der Waals surface area contributed by atoms with Crippen LogP contribution in [0.4, 0.5) is 0 Å². The standard InChI is InChI=1S/C24H44O2Si2/c1-16-15-20-22(23(20,2)3)19-13-14-21(25-27(4,5)6)17-11-10-12-18(17)24(16,19)26-28(7,8)9/h14,16-20,22H,10-13,15H2,1-9H3/t16-,17-,18-,19+,20?,22?,24+/m1/s1. The van der Waals surface area contributed by atoms with Gasteiger partial charge in [0.1, 0.15) is 0 Å². The van der Waals surface area contributed by atoms with Crippen molar-refractivity contribution in [3.63, 3.8) is 0 Å². The second kappa shape index (κ2) is 6.46. The molecule has 2 nitrogen and oxygen atoms in total. The molecule has 28 heavy (non-hydrogen) atoms. The summed E-state index contributed by atoms with van der Waals surface area (Å²) in [5.74, 6) is 5.68. The molecule has 0 saturated heterocycles. The first-order valence-electron chi connectivity index (χ1n) is 11.9. The third-order valence-corrected chi connectivity index (χ3v) is 10.3. The lowest BCUT2D eigenvalue weighted by atomic mass is 9.61. The van der Waals surface area contributed by atoms with Crippen LogP contribution in [0.15, 0.2) is 11.8 Å². The number of hydrogen-bond donors (Lipinski definition) is 0. The molecule has 0 bridgehead atoms. The van der Waals surface area contributed by atoms with Crippen LogP contribution in [0.1, 0.15) is 52.9 Å². The molecule has 4 rings (SSSR count). The van der Waals surface area contributed by atoms with E-state index in [9.17, 15) is 0 Å². The lowest BCUT2D eigenvalue weighted by Crippen LogP contribution is -2.60. The lowest BCUT2D eigenvalue weighted by Gasteiger charge is -2.55. The summed E-state index contributed by atoms with van der Waals surface area (Å²) in [5.41, 5.74) is 0.567. The Kier molecular flexibility index (Phi) is 4.89. The third-order valence-electron chi connectivity index (χ3n) is 8.47. The minimum Gasteiger partial charge on any atom is -0.547 e. The smallest absolute Gasteiger partial charge is 0.241 e. The Hall–Kier alpha value is -0.0662. The fourth-order valence-corrected chi connectivity index (χ4v) is 10.2. The van der Waals surface area contributed by atoms with E-state index in [4.69, 9.17) is 8.85 Å². The predicted octanol–water partition coefficient (Wildman–Crippen LogP) is 7.06. The molecule has 4 aliphatic rings. The van der Waals surface area contributed by atoms with Gasteiger partial charge in [-0.15, -0.1) is 0 Å². The van der Waals surface area contributed by atoms with Crippen molar-refractivity contribution >= 4 is 16.6 Å². The molecular formula is C24H44O2Si2. The number of allylic oxidation sites excluding steroid dienone is 2. The normalized spacial score (nSPS) is 44.7. The minimum atomic E-state index is -1.67. The summed E-state index contributed by atoms with van der Waals surface area (Å²) in [6, 6.07) is 0. The summed E-state index contributed by atoms with van der Waals surface area (Å²) in [6.45, 7) is 21.9. The Labute approximate surface area is 176 Å². The largest absolute Gasteiger partial charge is 0.547 e. The van der Waals surface area contributed by atoms with Crippen molar-refractivity contribution in [1.29, 1.82) is 0 Å². The Morgan fingerprint density at radius 2 is 1.61 bits per heavy atom. The fraction of sp³-hybridized carbons (Fsp3) is 0.917. The van der Waals surface area contributed by atoms with Gasteiger partial charge < -0.3 is 8.85 Å². The average molecular weight is 421 g/mol. The Morgan fingerprint density at radius 1 is 0.929 bits per heavy atom. The van der Waals surface area contributed by atoms with Gasteiger partial charge in [-0.05, 0) is 106 Å². The van der Waals surface area contributed by atoms with E-state index < -0.39 is 16.6 Å². The van der Waals surface area contributed by atoms with Crippen molar-refractivity contribution in [3.05, 3.63) is 11.8 Å². The van der Waals surface area contributed by atoms with Gasteiger partial charge in [0.15, 0.2) is 8.32 Å². The van der Waals surface area contributed by atoms with Crippen LogP contribution in [0.5, 0.6) is 0 Å². The second-order valence-electron chi connectivity index (χ2n) is 13.0. The summed E-state index contributed by atoms with van der Waals surface area (Å²) in [6.07, 6.45) is 9.06. The quantitative estimate of drug-likeness (QED) is 0.453. The summed E-state index contributed by atoms with van der Waals surface area (Å²) in [7, 11) is -3.27. The number of rotatable bonds is 4. The molecular weight excluding hydrogens is 376 g/mol. The van der Waals surface area contributed by atoms with Crippen LogP contribution in [0.3, 0.4) is 0 Å². The van der Waals surface area contributed by atoms with Crippen LogP contribution in [0.25, 0.3) is 0 Å². The molecule has 4 aliphatic carbocycles. The Morgan fingerprint density at radius 3 is 2.21 bits per heavy atom. The summed E-state index contributed by atoms with van der Waals surface area (Å²) in [4.78, 5) is 0. The number of hydrogen-bond acceptors (Lipinski definition) is 2. The van der Waals surface area contributed by atoms with Crippen LogP contribution in [0.2, 0.25) is 39.3 Å². The van der Waals surface area contributed by atoms with Gasteiger partial charge in [-0.25, -0.2) is 0 Å². The molecule has 0 N–H and O–H groups in total. The first kappa shape index (κ1) is 21.2. The molecule has 0 amide bonds. The maximum absolute atomic E-state index is 7.41. The van der Waals surface area contributed by atoms with Crippen LogP contribution < -0.4 is 0 Å². The molecule has 7 atom stereocenters. The molecule has 160 valence electrons. The SMILES string of the molecule is C[C@@H]1CC2C([C@@H]3CC=C(O[Si](C)(C)C)[C@@H]4CCC[C@H]4[C@@]13O[Si](C)(C)C)C2(C)C. The zero-order chi connectivity index (χ0) is 20.7. The predicted molar refractivity (Wildman–Crippen MR) is 123 cm³/mol. The molecule has 3 saturated carbocycles. The van der Waals surface area contributed by atoms with Gasteiger partial charge in [-0.3, -0.25) is 0 Å². The molecule has 0 aromatic rings. The molecule has 0 aromatic carbocycles. The highest BCUT2D eigenvalue weighted by Crippen LogP contribution is 2.74. The van der Waals surface area contributed by atoms with E-state index in [2.05, 4.69) is 66.1 Å². The van der Waals surface area contributed by atoms with Crippen LogP contribution in [-0.2, 0) is 8.85 Å². The summed E-state index contributed by atoms with van der Waals surface area (Å²) < 4.78 is 14.2. The van der Waals surface area contributed by atoms with Gasteiger partial charge in [-0.1, -0.05) is 27.2 Å². The van der Waals surface area contributed by atoms with Crippen LogP contribution in [0, 0.1) is 40.9 Å². The first-order valence-corrected chi connectivity index (χ1v) is 18.7. The van der Waals surface area contributed by atoms with E-state index in [0.717, 1.165) is 11.8 Å². The second-order valence-corrected chi connectivity index (χ2v) is 21.8. The zero-order valence-corrected chi connectivity index (χ0v) is 21.9. The Balaban J connectivity index is 1.80. The first-order chi connectivity index (χ1) is 12.8. The summed E-state index contributed by atoms with van der Waals surface area (Å²) >= 11 is 0. The third kappa shape index (κ3) is 3.30. The maximum atomic E-state index is 7.41. The van der Waals surface area contributed by atoms with Crippen molar-refractivity contribution in [2.24, 2.45) is 40.9 Å². The van der Waals surface area contributed by atoms with E-state index >= 15 is 0 Å².